The maximum absolute atomic E-state index is 13.4. The van der Waals surface area contributed by atoms with Crippen LogP contribution in [0.25, 0.3) is 0 Å². The van der Waals surface area contributed by atoms with E-state index in [0.29, 0.717) is 11.3 Å². The van der Waals surface area contributed by atoms with Gasteiger partial charge in [0.25, 0.3) is 0 Å². The summed E-state index contributed by atoms with van der Waals surface area (Å²) >= 11 is 5.94. The molecule has 0 saturated carbocycles. The lowest BCUT2D eigenvalue weighted by molar-refractivity contribution is 0.0991. The first kappa shape index (κ1) is 12.6. The number of carbonyl (C=O) groups is 1. The molecule has 0 aliphatic heterocycles. The zero-order valence-corrected chi connectivity index (χ0v) is 10.4. The molecule has 0 aliphatic rings. The maximum atomic E-state index is 13.4. The quantitative estimate of drug-likeness (QED) is 0.801. The molecular weight excluding hydrogens is 255 g/mol. The van der Waals surface area contributed by atoms with Gasteiger partial charge in [0.15, 0.2) is 5.78 Å². The first-order valence-electron chi connectivity index (χ1n) is 5.33. The van der Waals surface area contributed by atoms with Crippen molar-refractivity contribution in [1.29, 1.82) is 0 Å². The standard InChI is InChI=1S/C13H10ClFN2O/c1-8-5-11(14)10(7-12(8)15)13(18)6-9-3-2-4-16-17-9/h2-5,7H,6H2,1H3. The molecule has 2 aromatic rings. The number of nitrogens with zero attached hydrogens (tertiary/aromatic N) is 2. The van der Waals surface area contributed by atoms with Crippen molar-refractivity contribution in [1.82, 2.24) is 10.2 Å². The number of halogens is 2. The Morgan fingerprint density at radius 3 is 2.89 bits per heavy atom. The van der Waals surface area contributed by atoms with Crippen LogP contribution < -0.4 is 0 Å². The fourth-order valence-corrected chi connectivity index (χ4v) is 1.87. The number of hydrogen-bond donors (Lipinski definition) is 0. The van der Waals surface area contributed by atoms with Gasteiger partial charge in [-0.2, -0.15) is 10.2 Å². The average Bonchev–Trinajstić information content (AvgIpc) is 2.35. The number of aromatic nitrogens is 2. The molecule has 0 fully saturated rings. The largest absolute Gasteiger partial charge is 0.294 e. The second-order valence-corrected chi connectivity index (χ2v) is 4.30. The summed E-state index contributed by atoms with van der Waals surface area (Å²) < 4.78 is 13.4. The predicted octanol–water partition coefficient (Wildman–Crippen LogP) is 3.00. The summed E-state index contributed by atoms with van der Waals surface area (Å²) in [7, 11) is 0. The van der Waals surface area contributed by atoms with Crippen molar-refractivity contribution >= 4 is 17.4 Å². The van der Waals surface area contributed by atoms with Crippen molar-refractivity contribution in [2.75, 3.05) is 0 Å². The van der Waals surface area contributed by atoms with E-state index in [4.69, 9.17) is 11.6 Å². The van der Waals surface area contributed by atoms with E-state index in [1.807, 2.05) is 0 Å². The van der Waals surface area contributed by atoms with E-state index in [2.05, 4.69) is 10.2 Å². The summed E-state index contributed by atoms with van der Waals surface area (Å²) in [6, 6.07) is 5.98. The molecule has 2 rings (SSSR count). The Balaban J connectivity index is 2.27. The van der Waals surface area contributed by atoms with Gasteiger partial charge in [-0.1, -0.05) is 11.6 Å². The molecule has 92 valence electrons. The SMILES string of the molecule is Cc1cc(Cl)c(C(=O)Cc2cccnn2)cc1F. The normalized spacial score (nSPS) is 10.4. The Morgan fingerprint density at radius 2 is 2.22 bits per heavy atom. The highest BCUT2D eigenvalue weighted by atomic mass is 35.5. The molecule has 0 amide bonds. The van der Waals surface area contributed by atoms with Gasteiger partial charge in [-0.15, -0.1) is 0 Å². The number of Topliss-reactive ketones (excluding diaryl/α,β-unsaturated/α-hetero) is 1. The topological polar surface area (TPSA) is 42.9 Å². The molecular formula is C13H10ClFN2O. The molecule has 0 unspecified atom stereocenters. The first-order valence-corrected chi connectivity index (χ1v) is 5.71. The minimum absolute atomic E-state index is 0.0516. The van der Waals surface area contributed by atoms with E-state index in [1.165, 1.54) is 12.3 Å². The average molecular weight is 265 g/mol. The second-order valence-electron chi connectivity index (χ2n) is 3.90. The maximum Gasteiger partial charge on any atom is 0.170 e. The van der Waals surface area contributed by atoms with Crippen LogP contribution in [-0.4, -0.2) is 16.0 Å². The summed E-state index contributed by atoms with van der Waals surface area (Å²) in [5.41, 5.74) is 1.11. The molecule has 0 spiro atoms. The summed E-state index contributed by atoms with van der Waals surface area (Å²) in [6.07, 6.45) is 1.57. The van der Waals surface area contributed by atoms with Crippen molar-refractivity contribution < 1.29 is 9.18 Å². The highest BCUT2D eigenvalue weighted by Gasteiger charge is 2.14. The van der Waals surface area contributed by atoms with Crippen LogP contribution in [0.4, 0.5) is 4.39 Å². The van der Waals surface area contributed by atoms with Crippen LogP contribution >= 0.6 is 11.6 Å². The van der Waals surface area contributed by atoms with Gasteiger partial charge >= 0.3 is 0 Å². The van der Waals surface area contributed by atoms with Crippen LogP contribution in [0.1, 0.15) is 21.6 Å². The number of hydrogen-bond acceptors (Lipinski definition) is 3. The molecule has 0 atom stereocenters. The van der Waals surface area contributed by atoms with Crippen molar-refractivity contribution in [2.24, 2.45) is 0 Å². The van der Waals surface area contributed by atoms with Crippen LogP contribution in [0.3, 0.4) is 0 Å². The van der Waals surface area contributed by atoms with Gasteiger partial charge in [0, 0.05) is 11.8 Å². The monoisotopic (exact) mass is 264 g/mol. The smallest absolute Gasteiger partial charge is 0.170 e. The van der Waals surface area contributed by atoms with E-state index in [1.54, 1.807) is 19.1 Å². The number of rotatable bonds is 3. The van der Waals surface area contributed by atoms with Crippen LogP contribution in [0.15, 0.2) is 30.5 Å². The zero-order chi connectivity index (χ0) is 13.1. The van der Waals surface area contributed by atoms with Gasteiger partial charge in [0.2, 0.25) is 0 Å². The lowest BCUT2D eigenvalue weighted by Crippen LogP contribution is -2.07. The Bertz CT molecular complexity index is 587. The molecule has 0 radical (unpaired) electrons. The highest BCUT2D eigenvalue weighted by molar-refractivity contribution is 6.34. The van der Waals surface area contributed by atoms with E-state index < -0.39 is 5.82 Å². The molecule has 0 aliphatic carbocycles. The lowest BCUT2D eigenvalue weighted by Gasteiger charge is -2.05. The third-order valence-electron chi connectivity index (χ3n) is 2.52. The first-order chi connectivity index (χ1) is 8.58. The van der Waals surface area contributed by atoms with Gasteiger partial charge in [-0.25, -0.2) is 4.39 Å². The third kappa shape index (κ3) is 2.71. The number of aryl methyl sites for hydroxylation is 1. The summed E-state index contributed by atoms with van der Waals surface area (Å²) in [5, 5.41) is 7.74. The summed E-state index contributed by atoms with van der Waals surface area (Å²) in [6.45, 7) is 1.60. The summed E-state index contributed by atoms with van der Waals surface area (Å²) in [5.74, 6) is -0.721. The van der Waals surface area contributed by atoms with E-state index in [-0.39, 0.29) is 22.8 Å². The van der Waals surface area contributed by atoms with Gasteiger partial charge < -0.3 is 0 Å². The summed E-state index contributed by atoms with van der Waals surface area (Å²) in [4.78, 5) is 12.0. The minimum Gasteiger partial charge on any atom is -0.294 e. The lowest BCUT2D eigenvalue weighted by atomic mass is 10.0. The van der Waals surface area contributed by atoms with Gasteiger partial charge in [0.05, 0.1) is 17.1 Å². The third-order valence-corrected chi connectivity index (χ3v) is 2.83. The molecule has 18 heavy (non-hydrogen) atoms. The molecule has 5 heteroatoms. The fourth-order valence-electron chi connectivity index (χ4n) is 1.55. The van der Waals surface area contributed by atoms with E-state index in [9.17, 15) is 9.18 Å². The van der Waals surface area contributed by atoms with Gasteiger partial charge in [-0.05, 0) is 36.8 Å². The number of benzene rings is 1. The number of carbonyl (C=O) groups excluding carboxylic acids is 1. The van der Waals surface area contributed by atoms with Gasteiger partial charge in [-0.3, -0.25) is 4.79 Å². The molecule has 1 aromatic carbocycles. The van der Waals surface area contributed by atoms with Crippen molar-refractivity contribution in [3.63, 3.8) is 0 Å². The van der Waals surface area contributed by atoms with Crippen molar-refractivity contribution in [3.05, 3.63) is 58.1 Å². The highest BCUT2D eigenvalue weighted by Crippen LogP contribution is 2.21. The molecule has 0 bridgehead atoms. The van der Waals surface area contributed by atoms with Crippen LogP contribution in [0.2, 0.25) is 5.02 Å². The Kier molecular flexibility index (Phi) is 3.67. The van der Waals surface area contributed by atoms with Crippen molar-refractivity contribution in [3.8, 4) is 0 Å². The van der Waals surface area contributed by atoms with Crippen LogP contribution in [0.5, 0.6) is 0 Å². The van der Waals surface area contributed by atoms with Gasteiger partial charge in [0.1, 0.15) is 5.82 Å². The molecule has 1 heterocycles. The molecule has 0 saturated heterocycles. The second kappa shape index (κ2) is 5.23. The molecule has 3 nitrogen and oxygen atoms in total. The minimum atomic E-state index is -0.443. The Hall–Kier alpha value is -1.81. The van der Waals surface area contributed by atoms with Crippen LogP contribution in [-0.2, 0) is 6.42 Å². The fraction of sp³-hybridized carbons (Fsp3) is 0.154. The molecule has 1 aromatic heterocycles. The predicted molar refractivity (Wildman–Crippen MR) is 66.2 cm³/mol. The van der Waals surface area contributed by atoms with E-state index in [0.717, 1.165) is 6.07 Å². The Morgan fingerprint density at radius 1 is 1.44 bits per heavy atom. The van der Waals surface area contributed by atoms with E-state index >= 15 is 0 Å². The number of ketones is 1. The Labute approximate surface area is 109 Å². The van der Waals surface area contributed by atoms with Crippen LogP contribution in [0, 0.1) is 12.7 Å². The zero-order valence-electron chi connectivity index (χ0n) is 9.65. The molecule has 0 N–H and O–H groups in total. The van der Waals surface area contributed by atoms with Crippen molar-refractivity contribution in [2.45, 2.75) is 13.3 Å².